The van der Waals surface area contributed by atoms with Gasteiger partial charge in [-0.05, 0) is 72.7 Å². The van der Waals surface area contributed by atoms with Crippen LogP contribution in [0.1, 0.15) is 55.7 Å². The maximum Gasteiger partial charge on any atom is 0.170 e. The van der Waals surface area contributed by atoms with Gasteiger partial charge in [0.15, 0.2) is 11.6 Å². The Morgan fingerprint density at radius 1 is 1.03 bits per heavy atom. The van der Waals surface area contributed by atoms with Crippen LogP contribution in [0.15, 0.2) is 73.1 Å². The van der Waals surface area contributed by atoms with E-state index in [0.29, 0.717) is 23.8 Å². The SMILES string of the molecule is CCCc1cccc(-c2c[nH]c(C(Nc3ccc4c(N)nccc4c3)c3cc(CC)cc(OCC)c3F)n2)c1. The minimum atomic E-state index is -0.597. The van der Waals surface area contributed by atoms with Gasteiger partial charge in [0.25, 0.3) is 0 Å². The van der Waals surface area contributed by atoms with E-state index in [4.69, 9.17) is 15.5 Å². The van der Waals surface area contributed by atoms with E-state index in [0.717, 1.165) is 52.5 Å². The summed E-state index contributed by atoms with van der Waals surface area (Å²) >= 11 is 0. The fraction of sp³-hybridized carbons (Fsp3) is 0.250. The number of nitrogens with two attached hydrogens (primary N) is 1. The van der Waals surface area contributed by atoms with Crippen LogP contribution in [0.5, 0.6) is 5.75 Å². The van der Waals surface area contributed by atoms with Gasteiger partial charge in [0.2, 0.25) is 0 Å². The number of halogens is 1. The molecular weight excluding hydrogens is 489 g/mol. The van der Waals surface area contributed by atoms with Gasteiger partial charge in [0, 0.05) is 34.6 Å². The van der Waals surface area contributed by atoms with Gasteiger partial charge in [-0.2, -0.15) is 0 Å². The Balaban J connectivity index is 1.60. The van der Waals surface area contributed by atoms with Gasteiger partial charge in [-0.15, -0.1) is 0 Å². The molecular formula is C32H34FN5O. The molecule has 0 aliphatic heterocycles. The highest BCUT2D eigenvalue weighted by atomic mass is 19.1. The smallest absolute Gasteiger partial charge is 0.170 e. The molecule has 3 aromatic carbocycles. The highest BCUT2D eigenvalue weighted by Crippen LogP contribution is 2.35. The van der Waals surface area contributed by atoms with Crippen molar-refractivity contribution in [3.63, 3.8) is 0 Å². The summed E-state index contributed by atoms with van der Waals surface area (Å²) in [5.74, 6) is 0.924. The van der Waals surface area contributed by atoms with Crippen molar-refractivity contribution in [2.45, 2.75) is 46.1 Å². The minimum Gasteiger partial charge on any atom is -0.491 e. The summed E-state index contributed by atoms with van der Waals surface area (Å²) in [5, 5.41) is 5.34. The molecule has 5 aromatic rings. The van der Waals surface area contributed by atoms with E-state index in [-0.39, 0.29) is 5.75 Å². The standard InChI is InChI=1S/C32H34FN5O/c1-4-8-21-9-7-10-23(15-21)27-19-36-32(38-27)30(26-16-20(5-2)17-28(29(26)33)39-6-3)37-24-11-12-25-22(18-24)13-14-35-31(25)34/h7,9-19,30,37H,4-6,8H2,1-3H3,(H2,34,35)(H,36,38). The first kappa shape index (κ1) is 26.2. The molecule has 0 amide bonds. The van der Waals surface area contributed by atoms with Crippen LogP contribution in [0.3, 0.4) is 0 Å². The number of nitrogens with one attached hydrogen (secondary N) is 2. The second kappa shape index (κ2) is 11.6. The van der Waals surface area contributed by atoms with E-state index < -0.39 is 11.9 Å². The lowest BCUT2D eigenvalue weighted by Crippen LogP contribution is -2.17. The first-order valence-electron chi connectivity index (χ1n) is 13.5. The Labute approximate surface area is 228 Å². The average Bonchev–Trinajstić information content (AvgIpc) is 3.44. The van der Waals surface area contributed by atoms with E-state index in [9.17, 15) is 0 Å². The fourth-order valence-corrected chi connectivity index (χ4v) is 4.91. The summed E-state index contributed by atoms with van der Waals surface area (Å²) in [7, 11) is 0. The summed E-state index contributed by atoms with van der Waals surface area (Å²) < 4.78 is 21.6. The molecule has 0 saturated carbocycles. The molecule has 1 atom stereocenters. The number of nitrogen functional groups attached to an aromatic ring is 1. The van der Waals surface area contributed by atoms with Crippen molar-refractivity contribution in [2.24, 2.45) is 0 Å². The molecule has 0 aliphatic carbocycles. The zero-order chi connectivity index (χ0) is 27.4. The van der Waals surface area contributed by atoms with Crippen LogP contribution in [-0.2, 0) is 12.8 Å². The molecule has 1 unspecified atom stereocenters. The summed E-state index contributed by atoms with van der Waals surface area (Å²) in [4.78, 5) is 12.5. The lowest BCUT2D eigenvalue weighted by Gasteiger charge is -2.22. The van der Waals surface area contributed by atoms with Crippen molar-refractivity contribution in [1.82, 2.24) is 15.0 Å². The first-order valence-corrected chi connectivity index (χ1v) is 13.5. The van der Waals surface area contributed by atoms with Gasteiger partial charge < -0.3 is 20.8 Å². The highest BCUT2D eigenvalue weighted by molar-refractivity contribution is 5.93. The number of hydrogen-bond donors (Lipinski definition) is 3. The number of aryl methyl sites for hydroxylation is 2. The quantitative estimate of drug-likeness (QED) is 0.177. The molecule has 0 saturated heterocycles. The summed E-state index contributed by atoms with van der Waals surface area (Å²) in [6.45, 7) is 6.45. The predicted octanol–water partition coefficient (Wildman–Crippen LogP) is 7.46. The van der Waals surface area contributed by atoms with Crippen LogP contribution >= 0.6 is 0 Å². The maximum atomic E-state index is 16.0. The zero-order valence-electron chi connectivity index (χ0n) is 22.6. The lowest BCUT2D eigenvalue weighted by molar-refractivity contribution is 0.319. The van der Waals surface area contributed by atoms with Crippen molar-refractivity contribution >= 4 is 22.3 Å². The largest absolute Gasteiger partial charge is 0.491 e. The number of rotatable bonds is 10. The van der Waals surface area contributed by atoms with Crippen molar-refractivity contribution in [3.05, 3.63) is 101 Å². The van der Waals surface area contributed by atoms with Gasteiger partial charge in [0.05, 0.1) is 12.3 Å². The number of nitrogens with zero attached hydrogens (tertiary/aromatic N) is 2. The molecule has 200 valence electrons. The van der Waals surface area contributed by atoms with Crippen molar-refractivity contribution in [1.29, 1.82) is 0 Å². The summed E-state index contributed by atoms with van der Waals surface area (Å²) in [5.41, 5.74) is 11.4. The second-order valence-corrected chi connectivity index (χ2v) is 9.61. The number of aromatic nitrogens is 3. The maximum absolute atomic E-state index is 16.0. The molecule has 2 heterocycles. The zero-order valence-corrected chi connectivity index (χ0v) is 22.6. The molecule has 0 spiro atoms. The van der Waals surface area contributed by atoms with Crippen LogP contribution < -0.4 is 15.8 Å². The van der Waals surface area contributed by atoms with Crippen molar-refractivity contribution in [3.8, 4) is 17.0 Å². The van der Waals surface area contributed by atoms with Gasteiger partial charge in [0.1, 0.15) is 17.7 Å². The molecule has 7 heteroatoms. The van der Waals surface area contributed by atoms with Gasteiger partial charge >= 0.3 is 0 Å². The summed E-state index contributed by atoms with van der Waals surface area (Å²) in [6, 6.07) is 19.2. The third-order valence-electron chi connectivity index (χ3n) is 6.89. The minimum absolute atomic E-state index is 0.245. The predicted molar refractivity (Wildman–Crippen MR) is 157 cm³/mol. The van der Waals surface area contributed by atoms with Crippen LogP contribution in [0, 0.1) is 5.82 Å². The fourth-order valence-electron chi connectivity index (χ4n) is 4.91. The number of ether oxygens (including phenoxy) is 1. The molecule has 0 radical (unpaired) electrons. The molecule has 5 rings (SSSR count). The molecule has 0 fully saturated rings. The van der Waals surface area contributed by atoms with Crippen LogP contribution in [0.2, 0.25) is 0 Å². The topological polar surface area (TPSA) is 88.9 Å². The monoisotopic (exact) mass is 523 g/mol. The van der Waals surface area contributed by atoms with Crippen LogP contribution in [0.4, 0.5) is 15.9 Å². The number of imidazole rings is 1. The third kappa shape index (κ3) is 5.58. The molecule has 4 N–H and O–H groups in total. The average molecular weight is 524 g/mol. The number of H-pyrrole nitrogens is 1. The Kier molecular flexibility index (Phi) is 7.77. The summed E-state index contributed by atoms with van der Waals surface area (Å²) in [6.07, 6.45) is 6.39. The van der Waals surface area contributed by atoms with E-state index in [1.807, 2.05) is 50.4 Å². The van der Waals surface area contributed by atoms with E-state index in [2.05, 4.69) is 46.5 Å². The number of pyridine rings is 1. The molecule has 39 heavy (non-hydrogen) atoms. The number of fused-ring (bicyclic) bond motifs is 1. The number of anilines is 2. The molecule has 0 bridgehead atoms. The van der Waals surface area contributed by atoms with Gasteiger partial charge in [-0.3, -0.25) is 0 Å². The Morgan fingerprint density at radius 3 is 2.69 bits per heavy atom. The molecule has 0 aliphatic rings. The Hall–Kier alpha value is -4.39. The number of aromatic amines is 1. The molecule has 6 nitrogen and oxygen atoms in total. The Morgan fingerprint density at radius 2 is 1.90 bits per heavy atom. The normalized spacial score (nSPS) is 12.0. The van der Waals surface area contributed by atoms with E-state index in [1.165, 1.54) is 5.56 Å². The lowest BCUT2D eigenvalue weighted by atomic mass is 9.99. The molecule has 2 aromatic heterocycles. The van der Waals surface area contributed by atoms with E-state index in [1.54, 1.807) is 12.3 Å². The highest BCUT2D eigenvalue weighted by Gasteiger charge is 2.25. The van der Waals surface area contributed by atoms with Gasteiger partial charge in [-0.25, -0.2) is 14.4 Å². The van der Waals surface area contributed by atoms with Crippen molar-refractivity contribution in [2.75, 3.05) is 17.7 Å². The second-order valence-electron chi connectivity index (χ2n) is 9.61. The van der Waals surface area contributed by atoms with Crippen molar-refractivity contribution < 1.29 is 9.13 Å². The van der Waals surface area contributed by atoms with Crippen LogP contribution in [-0.4, -0.2) is 21.6 Å². The van der Waals surface area contributed by atoms with Crippen LogP contribution in [0.25, 0.3) is 22.0 Å². The third-order valence-corrected chi connectivity index (χ3v) is 6.89. The number of hydrogen-bond acceptors (Lipinski definition) is 5. The Bertz CT molecular complexity index is 1600. The first-order chi connectivity index (χ1) is 19.0. The number of benzene rings is 3. The van der Waals surface area contributed by atoms with E-state index >= 15 is 4.39 Å². The van der Waals surface area contributed by atoms with Gasteiger partial charge in [-0.1, -0.05) is 44.5 Å².